The molecule has 2 aromatic rings. The van der Waals surface area contributed by atoms with Crippen LogP contribution in [-0.2, 0) is 11.3 Å². The number of hydrogen-bond acceptors (Lipinski definition) is 5. The van der Waals surface area contributed by atoms with E-state index in [0.717, 1.165) is 6.42 Å². The lowest BCUT2D eigenvalue weighted by Crippen LogP contribution is -2.19. The second kappa shape index (κ2) is 8.29. The van der Waals surface area contributed by atoms with E-state index in [1.165, 1.54) is 19.4 Å². The van der Waals surface area contributed by atoms with Gasteiger partial charge in [0.25, 0.3) is 0 Å². The van der Waals surface area contributed by atoms with E-state index in [9.17, 15) is 19.5 Å². The number of carbonyl (C=O) groups is 2. The summed E-state index contributed by atoms with van der Waals surface area (Å²) in [5.74, 6) is -1.23. The van der Waals surface area contributed by atoms with Gasteiger partial charge in [0.2, 0.25) is 11.3 Å². The Kier molecular flexibility index (Phi) is 6.13. The Hall–Kier alpha value is -2.87. The number of benzene rings is 1. The smallest absolute Gasteiger partial charge is 0.341 e. The number of aryl methyl sites for hydroxylation is 1. The molecule has 1 amide bonds. The fourth-order valence-electron chi connectivity index (χ4n) is 2.64. The van der Waals surface area contributed by atoms with Gasteiger partial charge in [-0.15, -0.1) is 0 Å². The lowest BCUT2D eigenvalue weighted by molar-refractivity contribution is -0.129. The molecular weight excluding hydrogens is 328 g/mol. The molecule has 0 saturated heterocycles. The first-order valence-corrected chi connectivity index (χ1v) is 7.85. The number of carboxylic acid groups (broad SMARTS) is 1. The van der Waals surface area contributed by atoms with Crippen LogP contribution < -0.4 is 15.6 Å². The fraction of sp³-hybridized carbons (Fsp3) is 0.353. The normalized spacial score (nSPS) is 10.6. The minimum Gasteiger partial charge on any atom is -0.497 e. The summed E-state index contributed by atoms with van der Waals surface area (Å²) >= 11 is 0. The Morgan fingerprint density at radius 2 is 2.00 bits per heavy atom. The van der Waals surface area contributed by atoms with Crippen molar-refractivity contribution in [3.05, 3.63) is 40.2 Å². The third-order valence-electron chi connectivity index (χ3n) is 3.95. The van der Waals surface area contributed by atoms with Gasteiger partial charge in [0.05, 0.1) is 18.0 Å². The molecule has 1 heterocycles. The van der Waals surface area contributed by atoms with E-state index >= 15 is 0 Å². The van der Waals surface area contributed by atoms with Crippen LogP contribution in [0.5, 0.6) is 5.75 Å². The van der Waals surface area contributed by atoms with Crippen molar-refractivity contribution < 1.29 is 24.6 Å². The molecule has 8 nitrogen and oxygen atoms in total. The molecule has 0 aliphatic carbocycles. The van der Waals surface area contributed by atoms with E-state index in [-0.39, 0.29) is 12.0 Å². The Morgan fingerprint density at radius 1 is 1.24 bits per heavy atom. The van der Waals surface area contributed by atoms with Gasteiger partial charge < -0.3 is 14.4 Å². The Bertz CT molecular complexity index is 843. The molecule has 134 valence electrons. The van der Waals surface area contributed by atoms with Gasteiger partial charge in [-0.1, -0.05) is 6.42 Å². The average molecular weight is 348 g/mol. The summed E-state index contributed by atoms with van der Waals surface area (Å²) in [6.45, 7) is 0.504. The highest BCUT2D eigenvalue weighted by Crippen LogP contribution is 2.20. The Morgan fingerprint density at radius 3 is 2.64 bits per heavy atom. The second-order valence-electron chi connectivity index (χ2n) is 5.60. The van der Waals surface area contributed by atoms with Gasteiger partial charge in [-0.25, -0.2) is 10.3 Å². The lowest BCUT2D eigenvalue weighted by atomic mass is 10.1. The average Bonchev–Trinajstić information content (AvgIpc) is 2.62. The number of carbonyl (C=O) groups excluding carboxylic acids is 1. The van der Waals surface area contributed by atoms with Crippen molar-refractivity contribution in [1.29, 1.82) is 0 Å². The van der Waals surface area contributed by atoms with Crippen molar-refractivity contribution in [2.24, 2.45) is 0 Å². The van der Waals surface area contributed by atoms with E-state index in [2.05, 4.69) is 0 Å². The van der Waals surface area contributed by atoms with Crippen LogP contribution in [0.2, 0.25) is 0 Å². The van der Waals surface area contributed by atoms with Crippen LogP contribution in [0, 0.1) is 0 Å². The van der Waals surface area contributed by atoms with Crippen LogP contribution >= 0.6 is 0 Å². The van der Waals surface area contributed by atoms with E-state index in [1.807, 2.05) is 0 Å². The van der Waals surface area contributed by atoms with Crippen LogP contribution in [0.4, 0.5) is 0 Å². The third kappa shape index (κ3) is 4.36. The van der Waals surface area contributed by atoms with Crippen molar-refractivity contribution in [2.75, 3.05) is 7.11 Å². The Balaban J connectivity index is 2.26. The summed E-state index contributed by atoms with van der Waals surface area (Å²) in [5.41, 5.74) is 1.37. The molecule has 0 aliphatic heterocycles. The number of unbranched alkanes of at least 4 members (excludes halogenated alkanes) is 2. The zero-order valence-electron chi connectivity index (χ0n) is 13.8. The summed E-state index contributed by atoms with van der Waals surface area (Å²) in [6, 6.07) is 4.97. The van der Waals surface area contributed by atoms with E-state index in [0.29, 0.717) is 36.0 Å². The largest absolute Gasteiger partial charge is 0.497 e. The molecular formula is C17H20N2O6. The van der Waals surface area contributed by atoms with Crippen LogP contribution in [0.1, 0.15) is 36.0 Å². The minimum absolute atomic E-state index is 0.221. The highest BCUT2D eigenvalue weighted by Gasteiger charge is 2.15. The number of ether oxygens (including phenoxy) is 1. The predicted molar refractivity (Wildman–Crippen MR) is 90.1 cm³/mol. The maximum atomic E-state index is 12.4. The molecule has 2 rings (SSSR count). The quantitative estimate of drug-likeness (QED) is 0.380. The lowest BCUT2D eigenvalue weighted by Gasteiger charge is -2.13. The first-order chi connectivity index (χ1) is 12.0. The number of pyridine rings is 1. The van der Waals surface area contributed by atoms with E-state index in [4.69, 9.17) is 9.94 Å². The van der Waals surface area contributed by atoms with Crippen LogP contribution in [0.15, 0.2) is 29.2 Å². The van der Waals surface area contributed by atoms with Crippen molar-refractivity contribution in [2.45, 2.75) is 32.2 Å². The number of methoxy groups -OCH3 is 1. The first-order valence-electron chi connectivity index (χ1n) is 7.85. The SMILES string of the molecule is COc1ccc2c(c1)c(=O)c(C(=O)O)cn2CCCCCC(=O)NO. The first kappa shape index (κ1) is 18.5. The number of hydroxylamine groups is 1. The molecule has 3 N–H and O–H groups in total. The zero-order chi connectivity index (χ0) is 18.4. The fourth-order valence-corrected chi connectivity index (χ4v) is 2.64. The molecule has 0 radical (unpaired) electrons. The number of fused-ring (bicyclic) bond motifs is 1. The monoisotopic (exact) mass is 348 g/mol. The van der Waals surface area contributed by atoms with Gasteiger partial charge in [0.15, 0.2) is 0 Å². The van der Waals surface area contributed by atoms with Crippen LogP contribution in [0.3, 0.4) is 0 Å². The molecule has 0 bridgehead atoms. The number of carboxylic acids is 1. The molecule has 0 fully saturated rings. The second-order valence-corrected chi connectivity index (χ2v) is 5.60. The van der Waals surface area contributed by atoms with Gasteiger partial charge in [0, 0.05) is 19.2 Å². The van der Waals surface area contributed by atoms with Gasteiger partial charge in [-0.05, 0) is 31.0 Å². The van der Waals surface area contributed by atoms with Gasteiger partial charge in [-0.3, -0.25) is 14.8 Å². The number of nitrogens with one attached hydrogen (secondary N) is 1. The molecule has 8 heteroatoms. The van der Waals surface area contributed by atoms with Crippen molar-refractivity contribution in [1.82, 2.24) is 10.0 Å². The molecule has 0 aliphatic rings. The number of aromatic carboxylic acids is 1. The molecule has 25 heavy (non-hydrogen) atoms. The summed E-state index contributed by atoms with van der Waals surface area (Å²) in [7, 11) is 1.48. The van der Waals surface area contributed by atoms with Crippen molar-refractivity contribution >= 4 is 22.8 Å². The van der Waals surface area contributed by atoms with E-state index in [1.54, 1.807) is 22.2 Å². The molecule has 1 aromatic heterocycles. The van der Waals surface area contributed by atoms with E-state index < -0.39 is 17.3 Å². The number of rotatable bonds is 8. The number of hydrogen-bond donors (Lipinski definition) is 3. The molecule has 0 unspecified atom stereocenters. The maximum absolute atomic E-state index is 12.4. The topological polar surface area (TPSA) is 118 Å². The molecule has 0 spiro atoms. The Labute approximate surface area is 143 Å². The number of nitrogens with zero attached hydrogens (tertiary/aromatic N) is 1. The third-order valence-corrected chi connectivity index (χ3v) is 3.95. The van der Waals surface area contributed by atoms with Gasteiger partial charge >= 0.3 is 5.97 Å². The summed E-state index contributed by atoms with van der Waals surface area (Å²) in [5, 5.41) is 18.0. The minimum atomic E-state index is -1.27. The highest BCUT2D eigenvalue weighted by atomic mass is 16.5. The zero-order valence-corrected chi connectivity index (χ0v) is 13.8. The number of aromatic nitrogens is 1. The summed E-state index contributed by atoms with van der Waals surface area (Å²) in [6.07, 6.45) is 3.59. The molecule has 0 saturated carbocycles. The highest BCUT2D eigenvalue weighted by molar-refractivity contribution is 5.92. The van der Waals surface area contributed by atoms with Crippen LogP contribution in [-0.4, -0.2) is 33.9 Å². The predicted octanol–water partition coefficient (Wildman–Crippen LogP) is 1.77. The standard InChI is InChI=1S/C17H20N2O6/c1-25-11-6-7-14-12(9-11)16(21)13(17(22)23)10-19(14)8-4-2-3-5-15(20)18-24/h6-7,9-10,24H,2-5,8H2,1H3,(H,18,20)(H,22,23). The van der Waals surface area contributed by atoms with Crippen molar-refractivity contribution in [3.63, 3.8) is 0 Å². The number of amides is 1. The van der Waals surface area contributed by atoms with Gasteiger partial charge in [-0.2, -0.15) is 0 Å². The molecule has 0 atom stereocenters. The van der Waals surface area contributed by atoms with Crippen LogP contribution in [0.25, 0.3) is 10.9 Å². The van der Waals surface area contributed by atoms with Gasteiger partial charge in [0.1, 0.15) is 11.3 Å². The summed E-state index contributed by atoms with van der Waals surface area (Å²) in [4.78, 5) is 34.7. The summed E-state index contributed by atoms with van der Waals surface area (Å²) < 4.78 is 6.84. The molecule has 1 aromatic carbocycles. The maximum Gasteiger partial charge on any atom is 0.341 e. The van der Waals surface area contributed by atoms with Crippen molar-refractivity contribution in [3.8, 4) is 5.75 Å².